The van der Waals surface area contributed by atoms with Gasteiger partial charge in [-0.25, -0.2) is 8.42 Å². The van der Waals surface area contributed by atoms with Crippen LogP contribution in [-0.4, -0.2) is 44.2 Å². The fourth-order valence-corrected chi connectivity index (χ4v) is 4.83. The van der Waals surface area contributed by atoms with Crippen molar-refractivity contribution in [1.29, 1.82) is 0 Å². The van der Waals surface area contributed by atoms with Crippen LogP contribution < -0.4 is 15.6 Å². The number of sulfonamides is 1. The molecule has 31 heavy (non-hydrogen) atoms. The van der Waals surface area contributed by atoms with Crippen LogP contribution in [0.25, 0.3) is 0 Å². The Balaban J connectivity index is 1.45. The lowest BCUT2D eigenvalue weighted by Crippen LogP contribution is -2.41. The van der Waals surface area contributed by atoms with E-state index in [9.17, 15) is 18.0 Å². The minimum atomic E-state index is -3.61. The minimum absolute atomic E-state index is 0.0710. The Morgan fingerprint density at radius 2 is 1.77 bits per heavy atom. The van der Waals surface area contributed by atoms with Crippen LogP contribution in [0.3, 0.4) is 0 Å². The summed E-state index contributed by atoms with van der Waals surface area (Å²) >= 11 is 0. The van der Waals surface area contributed by atoms with Gasteiger partial charge in [0.25, 0.3) is 5.91 Å². The second kappa shape index (κ2) is 10.4. The van der Waals surface area contributed by atoms with E-state index < -0.39 is 15.9 Å². The molecule has 2 aromatic rings. The lowest BCUT2D eigenvalue weighted by molar-refractivity contribution is -0.122. The van der Waals surface area contributed by atoms with Gasteiger partial charge in [0.05, 0.1) is 11.5 Å². The average Bonchev–Trinajstić information content (AvgIpc) is 3.31. The lowest BCUT2D eigenvalue weighted by atomic mass is 10.2. The number of hydrogen-bond acceptors (Lipinski definition) is 5. The Morgan fingerprint density at radius 3 is 2.52 bits per heavy atom. The number of carbonyl (C=O) groups excluding carboxylic acids is 2. The minimum Gasteiger partial charge on any atom is -0.494 e. The Morgan fingerprint density at radius 1 is 1.03 bits per heavy atom. The monoisotopic (exact) mass is 445 g/mol. The highest BCUT2D eigenvalue weighted by Gasteiger charge is 2.27. The summed E-state index contributed by atoms with van der Waals surface area (Å²) in [6, 6.07) is 13.5. The van der Waals surface area contributed by atoms with E-state index in [1.807, 2.05) is 31.2 Å². The van der Waals surface area contributed by atoms with Gasteiger partial charge in [-0.15, -0.1) is 0 Å². The first-order valence-corrected chi connectivity index (χ1v) is 11.7. The second-order valence-electron chi connectivity index (χ2n) is 7.41. The number of rotatable bonds is 8. The Kier molecular flexibility index (Phi) is 7.64. The first-order chi connectivity index (χ1) is 14.9. The highest BCUT2D eigenvalue weighted by Crippen LogP contribution is 2.21. The van der Waals surface area contributed by atoms with Crippen LogP contribution in [0.1, 0.15) is 41.6 Å². The number of amides is 2. The third-order valence-corrected chi connectivity index (χ3v) is 6.82. The van der Waals surface area contributed by atoms with Crippen molar-refractivity contribution in [3.8, 4) is 5.75 Å². The van der Waals surface area contributed by atoms with E-state index >= 15 is 0 Å². The molecule has 166 valence electrons. The first kappa shape index (κ1) is 22.8. The molecule has 3 rings (SSSR count). The maximum atomic E-state index is 12.7. The van der Waals surface area contributed by atoms with Crippen molar-refractivity contribution < 1.29 is 22.7 Å². The van der Waals surface area contributed by atoms with E-state index in [0.29, 0.717) is 26.1 Å². The summed E-state index contributed by atoms with van der Waals surface area (Å²) in [5, 5.41) is 0. The SMILES string of the molecule is Cc1cccc(OCCCC(=O)NNC(=O)c2cccc(S(=O)(=O)N3CCCC3)c2)c1. The number of carbonyl (C=O) groups is 2. The molecule has 0 radical (unpaired) electrons. The van der Waals surface area contributed by atoms with Crippen LogP contribution in [0, 0.1) is 6.92 Å². The molecule has 8 nitrogen and oxygen atoms in total. The summed E-state index contributed by atoms with van der Waals surface area (Å²) in [5.41, 5.74) is 5.92. The van der Waals surface area contributed by atoms with E-state index in [-0.39, 0.29) is 22.8 Å². The van der Waals surface area contributed by atoms with Crippen LogP contribution >= 0.6 is 0 Å². The Bertz CT molecular complexity index is 1030. The second-order valence-corrected chi connectivity index (χ2v) is 9.35. The molecule has 2 aromatic carbocycles. The van der Waals surface area contributed by atoms with E-state index in [2.05, 4.69) is 10.9 Å². The standard InChI is InChI=1S/C22H27N3O5S/c1-17-7-4-9-19(15-17)30-14-6-11-21(26)23-24-22(27)18-8-5-10-20(16-18)31(28,29)25-12-2-3-13-25/h4-5,7-10,15-16H,2-3,6,11-14H2,1H3,(H,23,26)(H,24,27). The number of hydrogen-bond donors (Lipinski definition) is 2. The molecule has 2 amide bonds. The van der Waals surface area contributed by atoms with Gasteiger partial charge in [0.1, 0.15) is 5.75 Å². The third-order valence-electron chi connectivity index (χ3n) is 4.92. The molecule has 0 atom stereocenters. The van der Waals surface area contributed by atoms with Crippen LogP contribution in [0.5, 0.6) is 5.75 Å². The molecule has 0 bridgehead atoms. The molecule has 0 saturated carbocycles. The van der Waals surface area contributed by atoms with Crippen molar-refractivity contribution in [3.05, 3.63) is 59.7 Å². The number of nitrogens with zero attached hydrogens (tertiary/aromatic N) is 1. The van der Waals surface area contributed by atoms with Crippen molar-refractivity contribution in [1.82, 2.24) is 15.2 Å². The van der Waals surface area contributed by atoms with Gasteiger partial charge in [0.2, 0.25) is 15.9 Å². The molecular weight excluding hydrogens is 418 g/mol. The number of benzene rings is 2. The molecule has 2 N–H and O–H groups in total. The third kappa shape index (κ3) is 6.28. The molecule has 1 aliphatic heterocycles. The van der Waals surface area contributed by atoms with Crippen LogP contribution in [0.15, 0.2) is 53.4 Å². The van der Waals surface area contributed by atoms with E-state index in [1.165, 1.54) is 28.6 Å². The zero-order valence-electron chi connectivity index (χ0n) is 17.5. The van der Waals surface area contributed by atoms with Gasteiger partial charge < -0.3 is 4.74 Å². The molecule has 0 aliphatic carbocycles. The number of ether oxygens (including phenoxy) is 1. The van der Waals surface area contributed by atoms with Crippen molar-refractivity contribution in [3.63, 3.8) is 0 Å². The van der Waals surface area contributed by atoms with Gasteiger partial charge in [0, 0.05) is 25.1 Å². The topological polar surface area (TPSA) is 105 Å². The fraction of sp³-hybridized carbons (Fsp3) is 0.364. The molecule has 0 spiro atoms. The number of aryl methyl sites for hydroxylation is 1. The average molecular weight is 446 g/mol. The molecule has 1 saturated heterocycles. The van der Waals surface area contributed by atoms with E-state index in [0.717, 1.165) is 24.2 Å². The van der Waals surface area contributed by atoms with Crippen molar-refractivity contribution in [2.24, 2.45) is 0 Å². The summed E-state index contributed by atoms with van der Waals surface area (Å²) < 4.78 is 32.3. The summed E-state index contributed by atoms with van der Waals surface area (Å²) in [6.45, 7) is 3.33. The van der Waals surface area contributed by atoms with Gasteiger partial charge in [0.15, 0.2) is 0 Å². The van der Waals surface area contributed by atoms with Crippen molar-refractivity contribution >= 4 is 21.8 Å². The van der Waals surface area contributed by atoms with Gasteiger partial charge in [-0.1, -0.05) is 18.2 Å². The zero-order valence-corrected chi connectivity index (χ0v) is 18.3. The lowest BCUT2D eigenvalue weighted by Gasteiger charge is -2.16. The maximum Gasteiger partial charge on any atom is 0.269 e. The summed E-state index contributed by atoms with van der Waals surface area (Å²) in [4.78, 5) is 24.4. The molecular formula is C22H27N3O5S. The molecule has 9 heteroatoms. The molecule has 0 aromatic heterocycles. The molecule has 1 heterocycles. The fourth-order valence-electron chi connectivity index (χ4n) is 3.26. The van der Waals surface area contributed by atoms with Gasteiger partial charge in [-0.05, 0) is 62.1 Å². The first-order valence-electron chi connectivity index (χ1n) is 10.2. The molecule has 1 fully saturated rings. The summed E-state index contributed by atoms with van der Waals surface area (Å²) in [6.07, 6.45) is 2.33. The number of nitrogens with one attached hydrogen (secondary N) is 2. The predicted octanol–water partition coefficient (Wildman–Crippen LogP) is 2.40. The molecule has 0 unspecified atom stereocenters. The quantitative estimate of drug-likeness (QED) is 0.480. The van der Waals surface area contributed by atoms with Crippen LogP contribution in [0.2, 0.25) is 0 Å². The Hall–Kier alpha value is -2.91. The highest BCUT2D eigenvalue weighted by atomic mass is 32.2. The zero-order chi connectivity index (χ0) is 22.3. The summed E-state index contributed by atoms with van der Waals surface area (Å²) in [7, 11) is -3.61. The smallest absolute Gasteiger partial charge is 0.269 e. The predicted molar refractivity (Wildman–Crippen MR) is 116 cm³/mol. The van der Waals surface area contributed by atoms with Gasteiger partial charge >= 0.3 is 0 Å². The van der Waals surface area contributed by atoms with E-state index in [1.54, 1.807) is 0 Å². The maximum absolute atomic E-state index is 12.7. The van der Waals surface area contributed by atoms with Crippen molar-refractivity contribution in [2.75, 3.05) is 19.7 Å². The van der Waals surface area contributed by atoms with Gasteiger partial charge in [-0.3, -0.25) is 20.4 Å². The largest absolute Gasteiger partial charge is 0.494 e. The summed E-state index contributed by atoms with van der Waals surface area (Å²) in [5.74, 6) is -0.192. The van der Waals surface area contributed by atoms with Crippen molar-refractivity contribution in [2.45, 2.75) is 37.5 Å². The Labute approximate surface area is 182 Å². The van der Waals surface area contributed by atoms with Crippen LogP contribution in [-0.2, 0) is 14.8 Å². The normalized spacial score (nSPS) is 14.2. The highest BCUT2D eigenvalue weighted by molar-refractivity contribution is 7.89. The number of hydrazine groups is 1. The van der Waals surface area contributed by atoms with Gasteiger partial charge in [-0.2, -0.15) is 4.31 Å². The van der Waals surface area contributed by atoms with Crippen LogP contribution in [0.4, 0.5) is 0 Å². The van der Waals surface area contributed by atoms with E-state index in [4.69, 9.17) is 4.74 Å². The molecule has 1 aliphatic rings.